The van der Waals surface area contributed by atoms with E-state index in [1.807, 2.05) is 6.20 Å². The lowest BCUT2D eigenvalue weighted by molar-refractivity contribution is 0.315. The number of hydrogen-bond acceptors (Lipinski definition) is 1. The summed E-state index contributed by atoms with van der Waals surface area (Å²) in [4.78, 5) is 4.86. The van der Waals surface area contributed by atoms with Crippen LogP contribution in [0, 0.1) is 5.41 Å². The van der Waals surface area contributed by atoms with Gasteiger partial charge < -0.3 is 4.57 Å². The third kappa shape index (κ3) is 13.9. The molecule has 0 aliphatic heterocycles. The van der Waals surface area contributed by atoms with E-state index in [4.69, 9.17) is 4.98 Å². The molecule has 0 aromatic carbocycles. The maximum atomic E-state index is 4.86. The van der Waals surface area contributed by atoms with Crippen LogP contribution in [0.4, 0.5) is 0 Å². The molecule has 0 spiro atoms. The van der Waals surface area contributed by atoms with Crippen LogP contribution in [0.25, 0.3) is 0 Å². The average molecular weight is 511 g/mol. The third-order valence-corrected chi connectivity index (χ3v) is 8.71. The first-order valence-corrected chi connectivity index (χ1v) is 16.6. The van der Waals surface area contributed by atoms with Gasteiger partial charge in [0, 0.05) is 24.9 Å². The Morgan fingerprint density at radius 2 is 1.27 bits per heavy atom. The third-order valence-electron chi connectivity index (χ3n) is 8.71. The van der Waals surface area contributed by atoms with Gasteiger partial charge >= 0.3 is 0 Å². The highest BCUT2D eigenvalue weighted by molar-refractivity contribution is 5.19. The standard InChI is InChI=1S/C35H62N2/c1-4-6-8-10-12-13-14-15-16-17-18-20-23-27-35(28-24-21-25-29-35)32-34-36-30-31-37(34)33(3)26-22-19-11-9-7-5-2/h21,24-25,28,30-31,33H,4-20,22-23,26-27,29,32H2,1-3H3. The van der Waals surface area contributed by atoms with Gasteiger partial charge in [-0.2, -0.15) is 0 Å². The van der Waals surface area contributed by atoms with Crippen molar-refractivity contribution in [2.75, 3.05) is 0 Å². The lowest BCUT2D eigenvalue weighted by atomic mass is 9.74. The van der Waals surface area contributed by atoms with Gasteiger partial charge in [0.1, 0.15) is 5.82 Å². The van der Waals surface area contributed by atoms with Crippen molar-refractivity contribution in [2.45, 2.75) is 174 Å². The molecule has 1 aliphatic carbocycles. The molecule has 2 atom stereocenters. The number of hydrogen-bond donors (Lipinski definition) is 0. The first-order chi connectivity index (χ1) is 18.2. The number of rotatable bonds is 24. The lowest BCUT2D eigenvalue weighted by Gasteiger charge is -2.32. The molecule has 1 heterocycles. The van der Waals surface area contributed by atoms with Crippen LogP contribution in [-0.4, -0.2) is 9.55 Å². The maximum Gasteiger partial charge on any atom is 0.109 e. The van der Waals surface area contributed by atoms with Gasteiger partial charge in [0.2, 0.25) is 0 Å². The zero-order valence-electron chi connectivity index (χ0n) is 25.2. The fourth-order valence-electron chi connectivity index (χ4n) is 6.16. The fraction of sp³-hybridized carbons (Fsp3) is 0.800. The van der Waals surface area contributed by atoms with E-state index in [0.29, 0.717) is 6.04 Å². The Labute approximate surface area is 231 Å². The summed E-state index contributed by atoms with van der Waals surface area (Å²) in [5.74, 6) is 1.30. The molecule has 0 N–H and O–H groups in total. The van der Waals surface area contributed by atoms with E-state index < -0.39 is 0 Å². The summed E-state index contributed by atoms with van der Waals surface area (Å²) in [5.41, 5.74) is 0.259. The van der Waals surface area contributed by atoms with E-state index in [2.05, 4.69) is 55.8 Å². The van der Waals surface area contributed by atoms with Crippen LogP contribution in [0.1, 0.15) is 174 Å². The van der Waals surface area contributed by atoms with E-state index in [-0.39, 0.29) is 5.41 Å². The van der Waals surface area contributed by atoms with Gasteiger partial charge in [-0.05, 0) is 31.6 Å². The van der Waals surface area contributed by atoms with Crippen LogP contribution < -0.4 is 0 Å². The van der Waals surface area contributed by atoms with Gasteiger partial charge in [-0.25, -0.2) is 4.98 Å². The first-order valence-electron chi connectivity index (χ1n) is 16.6. The Bertz CT molecular complexity index is 715. The Hall–Kier alpha value is -1.31. The van der Waals surface area contributed by atoms with Gasteiger partial charge in [-0.3, -0.25) is 0 Å². The SMILES string of the molecule is CCCCCCCCCCCCCCCC1(Cc2nccn2C(C)CCCCCCCC)C=CC=CC1. The molecule has 2 nitrogen and oxygen atoms in total. The van der Waals surface area contributed by atoms with E-state index in [0.717, 1.165) is 6.42 Å². The fourth-order valence-corrected chi connectivity index (χ4v) is 6.16. The predicted molar refractivity (Wildman–Crippen MR) is 164 cm³/mol. The van der Waals surface area contributed by atoms with Crippen LogP contribution in [0.2, 0.25) is 0 Å². The van der Waals surface area contributed by atoms with Crippen LogP contribution in [-0.2, 0) is 6.42 Å². The number of allylic oxidation sites excluding steroid dienone is 4. The summed E-state index contributed by atoms with van der Waals surface area (Å²) in [6.07, 6.45) is 45.3. The zero-order valence-corrected chi connectivity index (χ0v) is 25.2. The van der Waals surface area contributed by atoms with Crippen molar-refractivity contribution < 1.29 is 0 Å². The molecule has 1 aliphatic rings. The van der Waals surface area contributed by atoms with E-state index >= 15 is 0 Å². The highest BCUT2D eigenvalue weighted by Gasteiger charge is 2.29. The van der Waals surface area contributed by atoms with Crippen molar-refractivity contribution in [1.82, 2.24) is 9.55 Å². The smallest absolute Gasteiger partial charge is 0.109 e. The number of imidazole rings is 1. The largest absolute Gasteiger partial charge is 0.332 e. The molecule has 2 unspecified atom stereocenters. The Balaban J connectivity index is 1.67. The van der Waals surface area contributed by atoms with Crippen molar-refractivity contribution in [3.63, 3.8) is 0 Å². The molecule has 0 saturated heterocycles. The van der Waals surface area contributed by atoms with Crippen molar-refractivity contribution in [2.24, 2.45) is 5.41 Å². The molecule has 37 heavy (non-hydrogen) atoms. The number of unbranched alkanes of at least 4 members (excludes halogenated alkanes) is 17. The van der Waals surface area contributed by atoms with E-state index in [1.54, 1.807) is 0 Å². The van der Waals surface area contributed by atoms with E-state index in [1.165, 1.54) is 147 Å². The van der Waals surface area contributed by atoms with Crippen LogP contribution in [0.5, 0.6) is 0 Å². The highest BCUT2D eigenvalue weighted by Crippen LogP contribution is 2.38. The second-order valence-corrected chi connectivity index (χ2v) is 12.2. The normalized spacial score (nSPS) is 18.0. The predicted octanol–water partition coefficient (Wildman–Crippen LogP) is 11.7. The summed E-state index contributed by atoms with van der Waals surface area (Å²) in [5, 5.41) is 0. The minimum absolute atomic E-state index is 0.259. The van der Waals surface area contributed by atoms with E-state index in [9.17, 15) is 0 Å². The Morgan fingerprint density at radius 3 is 1.81 bits per heavy atom. The molecule has 0 fully saturated rings. The maximum absolute atomic E-state index is 4.86. The van der Waals surface area contributed by atoms with Gasteiger partial charge in [-0.1, -0.05) is 160 Å². The molecular weight excluding hydrogens is 448 g/mol. The monoisotopic (exact) mass is 510 g/mol. The lowest BCUT2D eigenvalue weighted by Crippen LogP contribution is -2.25. The van der Waals surface area contributed by atoms with Gasteiger partial charge in [0.25, 0.3) is 0 Å². The summed E-state index contributed by atoms with van der Waals surface area (Å²) >= 11 is 0. The van der Waals surface area contributed by atoms with Gasteiger partial charge in [0.15, 0.2) is 0 Å². The average Bonchev–Trinajstić information content (AvgIpc) is 3.37. The summed E-state index contributed by atoms with van der Waals surface area (Å²) in [6.45, 7) is 7.00. The Kier molecular flexibility index (Phi) is 17.8. The van der Waals surface area contributed by atoms with Crippen molar-refractivity contribution in [3.8, 4) is 0 Å². The molecule has 0 saturated carbocycles. The molecule has 0 radical (unpaired) electrons. The summed E-state index contributed by atoms with van der Waals surface area (Å²) in [7, 11) is 0. The molecule has 1 aromatic heterocycles. The summed E-state index contributed by atoms with van der Waals surface area (Å²) < 4.78 is 2.49. The summed E-state index contributed by atoms with van der Waals surface area (Å²) in [6, 6.07) is 0.556. The topological polar surface area (TPSA) is 17.8 Å². The second kappa shape index (κ2) is 20.6. The first kappa shape index (κ1) is 31.9. The van der Waals surface area contributed by atoms with Crippen molar-refractivity contribution >= 4 is 0 Å². The van der Waals surface area contributed by atoms with Crippen molar-refractivity contribution in [3.05, 3.63) is 42.5 Å². The molecule has 0 bridgehead atoms. The molecule has 212 valence electrons. The minimum atomic E-state index is 0.259. The molecule has 0 amide bonds. The van der Waals surface area contributed by atoms with Crippen LogP contribution in [0.15, 0.2) is 36.7 Å². The van der Waals surface area contributed by atoms with Gasteiger partial charge in [-0.15, -0.1) is 0 Å². The highest BCUT2D eigenvalue weighted by atomic mass is 15.1. The molecule has 2 rings (SSSR count). The molecular formula is C35H62N2. The number of nitrogens with zero attached hydrogens (tertiary/aromatic N) is 2. The van der Waals surface area contributed by atoms with Crippen LogP contribution >= 0.6 is 0 Å². The second-order valence-electron chi connectivity index (χ2n) is 12.2. The van der Waals surface area contributed by atoms with Crippen LogP contribution in [0.3, 0.4) is 0 Å². The molecule has 2 heteroatoms. The zero-order chi connectivity index (χ0) is 26.4. The van der Waals surface area contributed by atoms with Gasteiger partial charge in [0.05, 0.1) is 0 Å². The minimum Gasteiger partial charge on any atom is -0.332 e. The quantitative estimate of drug-likeness (QED) is 0.126. The van der Waals surface area contributed by atoms with Crippen molar-refractivity contribution in [1.29, 1.82) is 0 Å². The molecule has 1 aromatic rings. The number of aromatic nitrogens is 2. The Morgan fingerprint density at radius 1 is 0.730 bits per heavy atom.